The lowest BCUT2D eigenvalue weighted by Crippen LogP contribution is -2.41. The van der Waals surface area contributed by atoms with Crippen LogP contribution in [0.1, 0.15) is 36.8 Å². The number of hydrogen-bond donors (Lipinski definition) is 1. The van der Waals surface area contributed by atoms with E-state index in [1.165, 1.54) is 18.4 Å². The quantitative estimate of drug-likeness (QED) is 0.631. The molecule has 0 spiro atoms. The summed E-state index contributed by atoms with van der Waals surface area (Å²) >= 11 is 5.86. The van der Waals surface area contributed by atoms with Gasteiger partial charge in [0.1, 0.15) is 0 Å². The van der Waals surface area contributed by atoms with E-state index in [1.54, 1.807) is 21.3 Å². The van der Waals surface area contributed by atoms with Gasteiger partial charge in [0.25, 0.3) is 0 Å². The number of para-hydroxylation sites is 1. The number of benzene rings is 2. The van der Waals surface area contributed by atoms with Crippen LogP contribution in [0.15, 0.2) is 36.4 Å². The van der Waals surface area contributed by atoms with Gasteiger partial charge in [-0.3, -0.25) is 0 Å². The minimum absolute atomic E-state index is 0.414. The highest BCUT2D eigenvalue weighted by atomic mass is 32.1. The van der Waals surface area contributed by atoms with Crippen LogP contribution in [0.2, 0.25) is 0 Å². The number of anilines is 1. The predicted molar refractivity (Wildman–Crippen MR) is 121 cm³/mol. The van der Waals surface area contributed by atoms with Gasteiger partial charge in [-0.15, -0.1) is 0 Å². The lowest BCUT2D eigenvalue weighted by molar-refractivity contribution is 0.295. The van der Waals surface area contributed by atoms with Gasteiger partial charge in [0, 0.05) is 23.8 Å². The van der Waals surface area contributed by atoms with E-state index in [2.05, 4.69) is 29.3 Å². The summed E-state index contributed by atoms with van der Waals surface area (Å²) in [6.45, 7) is 2.73. The van der Waals surface area contributed by atoms with Crippen LogP contribution in [0.5, 0.6) is 17.2 Å². The molecule has 1 aliphatic carbocycles. The average Bonchev–Trinajstić information content (AvgIpc) is 3.27. The number of hydrogen-bond acceptors (Lipinski definition) is 4. The van der Waals surface area contributed by atoms with Crippen LogP contribution < -0.4 is 19.5 Å². The number of methoxy groups -OCH3 is 3. The monoisotopic (exact) mass is 414 g/mol. The number of rotatable bonds is 7. The van der Waals surface area contributed by atoms with Gasteiger partial charge in [-0.05, 0) is 55.7 Å². The van der Waals surface area contributed by atoms with Crippen molar-refractivity contribution in [3.05, 3.63) is 47.5 Å². The van der Waals surface area contributed by atoms with E-state index < -0.39 is 0 Å². The minimum Gasteiger partial charge on any atom is -0.493 e. The molecule has 5 nitrogen and oxygen atoms in total. The van der Waals surface area contributed by atoms with E-state index >= 15 is 0 Å². The highest BCUT2D eigenvalue weighted by Gasteiger charge is 2.27. The van der Waals surface area contributed by atoms with Crippen molar-refractivity contribution in [2.45, 2.75) is 45.2 Å². The lowest BCUT2D eigenvalue weighted by atomic mass is 10.1. The van der Waals surface area contributed by atoms with Crippen LogP contribution in [0, 0.1) is 6.92 Å². The summed E-state index contributed by atoms with van der Waals surface area (Å²) in [4.78, 5) is 2.29. The van der Waals surface area contributed by atoms with Crippen molar-refractivity contribution < 1.29 is 14.2 Å². The average molecular weight is 415 g/mol. The smallest absolute Gasteiger partial charge is 0.203 e. The van der Waals surface area contributed by atoms with Gasteiger partial charge in [-0.25, -0.2) is 0 Å². The molecule has 0 atom stereocenters. The third-order valence-corrected chi connectivity index (χ3v) is 5.88. The molecular weight excluding hydrogens is 384 g/mol. The fourth-order valence-electron chi connectivity index (χ4n) is 3.95. The topological polar surface area (TPSA) is 43.0 Å². The fraction of sp³-hybridized carbons (Fsp3) is 0.435. The Bertz CT molecular complexity index is 850. The number of aryl methyl sites for hydroxylation is 1. The molecular formula is C23H30N2O3S. The van der Waals surface area contributed by atoms with Gasteiger partial charge < -0.3 is 24.4 Å². The number of thiocarbonyl (C=S) groups is 1. The molecule has 1 saturated carbocycles. The van der Waals surface area contributed by atoms with Gasteiger partial charge in [-0.1, -0.05) is 31.0 Å². The largest absolute Gasteiger partial charge is 0.493 e. The molecule has 156 valence electrons. The maximum atomic E-state index is 5.86. The molecule has 0 aliphatic heterocycles. The van der Waals surface area contributed by atoms with Crippen molar-refractivity contribution in [1.29, 1.82) is 0 Å². The van der Waals surface area contributed by atoms with Crippen LogP contribution in [0.4, 0.5) is 5.69 Å². The fourth-order valence-corrected chi connectivity index (χ4v) is 4.28. The summed E-state index contributed by atoms with van der Waals surface area (Å²) in [5.74, 6) is 1.95. The number of nitrogens with one attached hydrogen (secondary N) is 1. The molecule has 29 heavy (non-hydrogen) atoms. The van der Waals surface area contributed by atoms with E-state index in [0.717, 1.165) is 29.2 Å². The Hall–Kier alpha value is -2.47. The molecule has 0 unspecified atom stereocenters. The Balaban J connectivity index is 1.90. The first-order valence-electron chi connectivity index (χ1n) is 10.00. The normalized spacial score (nSPS) is 13.8. The molecule has 3 rings (SSSR count). The summed E-state index contributed by atoms with van der Waals surface area (Å²) in [5.41, 5.74) is 3.23. The third-order valence-electron chi connectivity index (χ3n) is 5.54. The summed E-state index contributed by atoms with van der Waals surface area (Å²) in [6, 6.07) is 12.6. The molecule has 0 heterocycles. The van der Waals surface area contributed by atoms with E-state index in [0.29, 0.717) is 29.8 Å². The third kappa shape index (κ3) is 4.75. The van der Waals surface area contributed by atoms with Crippen LogP contribution in [0.3, 0.4) is 0 Å². The van der Waals surface area contributed by atoms with Crippen molar-refractivity contribution in [2.75, 3.05) is 26.6 Å². The van der Waals surface area contributed by atoms with Crippen molar-refractivity contribution in [3.8, 4) is 17.2 Å². The van der Waals surface area contributed by atoms with Gasteiger partial charge >= 0.3 is 0 Å². The summed E-state index contributed by atoms with van der Waals surface area (Å²) in [6.07, 6.45) is 4.75. The van der Waals surface area contributed by atoms with Crippen LogP contribution in [-0.2, 0) is 6.54 Å². The number of ether oxygens (including phenoxy) is 3. The molecule has 1 fully saturated rings. The first-order chi connectivity index (χ1) is 14.1. The molecule has 6 heteroatoms. The maximum absolute atomic E-state index is 5.86. The Kier molecular flexibility index (Phi) is 7.20. The van der Waals surface area contributed by atoms with Crippen LogP contribution >= 0.6 is 12.2 Å². The summed E-state index contributed by atoms with van der Waals surface area (Å²) in [5, 5.41) is 4.20. The zero-order valence-electron chi connectivity index (χ0n) is 17.7. The van der Waals surface area contributed by atoms with Gasteiger partial charge in [0.2, 0.25) is 5.75 Å². The Morgan fingerprint density at radius 3 is 2.31 bits per heavy atom. The van der Waals surface area contributed by atoms with Crippen molar-refractivity contribution in [2.24, 2.45) is 0 Å². The minimum atomic E-state index is 0.414. The zero-order chi connectivity index (χ0) is 20.8. The molecule has 2 aromatic carbocycles. The predicted octanol–water partition coefficient (Wildman–Crippen LogP) is 5.16. The molecule has 2 aromatic rings. The second kappa shape index (κ2) is 9.83. The van der Waals surface area contributed by atoms with Crippen molar-refractivity contribution in [3.63, 3.8) is 0 Å². The Morgan fingerprint density at radius 2 is 1.69 bits per heavy atom. The first kappa shape index (κ1) is 21.2. The van der Waals surface area contributed by atoms with E-state index in [4.69, 9.17) is 26.4 Å². The van der Waals surface area contributed by atoms with Gasteiger partial charge in [0.05, 0.1) is 21.3 Å². The van der Waals surface area contributed by atoms with Crippen molar-refractivity contribution >= 4 is 23.0 Å². The highest BCUT2D eigenvalue weighted by Crippen LogP contribution is 2.41. The molecule has 0 bridgehead atoms. The Labute approximate surface area is 179 Å². The lowest BCUT2D eigenvalue weighted by Gasteiger charge is -2.32. The van der Waals surface area contributed by atoms with Crippen LogP contribution in [0.25, 0.3) is 0 Å². The molecule has 0 aromatic heterocycles. The van der Waals surface area contributed by atoms with E-state index in [-0.39, 0.29) is 0 Å². The number of nitrogens with zero attached hydrogens (tertiary/aromatic N) is 1. The second-order valence-electron chi connectivity index (χ2n) is 7.30. The Morgan fingerprint density at radius 1 is 1.00 bits per heavy atom. The zero-order valence-corrected chi connectivity index (χ0v) is 18.5. The molecule has 0 amide bonds. The standard InChI is InChI=1S/C23H30N2O3S/c1-16-9-5-8-12-19(16)24-23(29)25(18-10-6-7-11-18)15-17-13-14-20(26-2)22(28-4)21(17)27-3/h5,8-9,12-14,18H,6-7,10-11,15H2,1-4H3,(H,24,29). The highest BCUT2D eigenvalue weighted by molar-refractivity contribution is 7.80. The van der Waals surface area contributed by atoms with Gasteiger partial charge in [-0.2, -0.15) is 0 Å². The maximum Gasteiger partial charge on any atom is 0.203 e. The SMILES string of the molecule is COc1ccc(CN(C(=S)Nc2ccccc2C)C2CCCC2)c(OC)c1OC. The molecule has 1 N–H and O–H groups in total. The van der Waals surface area contributed by atoms with E-state index in [9.17, 15) is 0 Å². The summed E-state index contributed by atoms with van der Waals surface area (Å²) in [7, 11) is 4.91. The van der Waals surface area contributed by atoms with Crippen LogP contribution in [-0.4, -0.2) is 37.4 Å². The van der Waals surface area contributed by atoms with Gasteiger partial charge in [0.15, 0.2) is 16.6 Å². The summed E-state index contributed by atoms with van der Waals surface area (Å²) < 4.78 is 16.7. The molecule has 0 saturated heterocycles. The second-order valence-corrected chi connectivity index (χ2v) is 7.69. The van der Waals surface area contributed by atoms with Crippen molar-refractivity contribution in [1.82, 2.24) is 4.90 Å². The molecule has 0 radical (unpaired) electrons. The first-order valence-corrected chi connectivity index (χ1v) is 10.4. The van der Waals surface area contributed by atoms with E-state index in [1.807, 2.05) is 24.3 Å². The molecule has 1 aliphatic rings.